The van der Waals surface area contributed by atoms with E-state index in [0.29, 0.717) is 24.6 Å². The summed E-state index contributed by atoms with van der Waals surface area (Å²) in [5.74, 6) is 0. The molecular weight excluding hydrogens is 310 g/mol. The highest BCUT2D eigenvalue weighted by Crippen LogP contribution is 2.22. The van der Waals surface area contributed by atoms with Crippen molar-refractivity contribution in [3.63, 3.8) is 0 Å². The highest BCUT2D eigenvalue weighted by Gasteiger charge is 2.30. The average molecular weight is 331 g/mol. The third-order valence-corrected chi connectivity index (χ3v) is 5.93. The van der Waals surface area contributed by atoms with Crippen LogP contribution in [0.15, 0.2) is 65.6 Å². The molecule has 0 N–H and O–H groups in total. The summed E-state index contributed by atoms with van der Waals surface area (Å²) in [6, 6.07) is 18.6. The molecule has 1 atom stereocenters. The number of nitrogens with zero attached hydrogens (tertiary/aromatic N) is 1. The fraction of sp³-hybridized carbons (Fsp3) is 0.333. The normalized spacial score (nSPS) is 19.6. The second-order valence-electron chi connectivity index (χ2n) is 5.74. The maximum atomic E-state index is 12.7. The maximum Gasteiger partial charge on any atom is 0.243 e. The Kier molecular flexibility index (Phi) is 5.10. The molecule has 1 heterocycles. The van der Waals surface area contributed by atoms with Gasteiger partial charge in [0.05, 0.1) is 17.6 Å². The average Bonchev–Trinajstić information content (AvgIpc) is 2.62. The maximum absolute atomic E-state index is 12.7. The fourth-order valence-corrected chi connectivity index (χ4v) is 4.32. The summed E-state index contributed by atoms with van der Waals surface area (Å²) in [6.45, 7) is 1.50. The van der Waals surface area contributed by atoms with Crippen molar-refractivity contribution in [2.45, 2.75) is 30.4 Å². The third-order valence-electron chi connectivity index (χ3n) is 4.05. The summed E-state index contributed by atoms with van der Waals surface area (Å²) in [5.41, 5.74) is 1.11. The number of piperidine rings is 1. The Balaban J connectivity index is 1.64. The molecule has 0 aromatic heterocycles. The Bertz CT molecular complexity index is 716. The van der Waals surface area contributed by atoms with E-state index in [4.69, 9.17) is 4.74 Å². The van der Waals surface area contributed by atoms with E-state index in [9.17, 15) is 8.42 Å². The smallest absolute Gasteiger partial charge is 0.243 e. The molecule has 0 bridgehead atoms. The predicted molar refractivity (Wildman–Crippen MR) is 89.5 cm³/mol. The van der Waals surface area contributed by atoms with E-state index >= 15 is 0 Å². The van der Waals surface area contributed by atoms with Crippen molar-refractivity contribution in [2.24, 2.45) is 0 Å². The molecule has 1 aliphatic rings. The largest absolute Gasteiger partial charge is 0.372 e. The molecule has 2 aromatic carbocycles. The van der Waals surface area contributed by atoms with Crippen molar-refractivity contribution in [3.05, 3.63) is 66.2 Å². The molecule has 23 heavy (non-hydrogen) atoms. The van der Waals surface area contributed by atoms with Gasteiger partial charge in [-0.2, -0.15) is 4.31 Å². The van der Waals surface area contributed by atoms with Crippen molar-refractivity contribution in [2.75, 3.05) is 13.1 Å². The Hall–Kier alpha value is -1.69. The van der Waals surface area contributed by atoms with Crippen molar-refractivity contribution < 1.29 is 13.2 Å². The molecule has 1 fully saturated rings. The highest BCUT2D eigenvalue weighted by molar-refractivity contribution is 7.89. The van der Waals surface area contributed by atoms with Crippen LogP contribution >= 0.6 is 0 Å². The molecule has 1 unspecified atom stereocenters. The van der Waals surface area contributed by atoms with E-state index in [1.165, 1.54) is 0 Å². The molecule has 3 rings (SSSR count). The molecule has 5 heteroatoms. The van der Waals surface area contributed by atoms with E-state index in [0.717, 1.165) is 18.4 Å². The lowest BCUT2D eigenvalue weighted by molar-refractivity contribution is 0.00811. The molecule has 1 saturated heterocycles. The van der Waals surface area contributed by atoms with Gasteiger partial charge in [0.2, 0.25) is 10.0 Å². The second kappa shape index (κ2) is 7.25. The van der Waals surface area contributed by atoms with Gasteiger partial charge >= 0.3 is 0 Å². The minimum Gasteiger partial charge on any atom is -0.372 e. The lowest BCUT2D eigenvalue weighted by Crippen LogP contribution is -2.43. The van der Waals surface area contributed by atoms with Crippen molar-refractivity contribution in [1.82, 2.24) is 4.31 Å². The predicted octanol–water partition coefficient (Wildman–Crippen LogP) is 3.06. The first-order chi connectivity index (χ1) is 11.2. The van der Waals surface area contributed by atoms with Gasteiger partial charge in [0.25, 0.3) is 0 Å². The van der Waals surface area contributed by atoms with Gasteiger partial charge in [-0.25, -0.2) is 8.42 Å². The molecule has 2 aromatic rings. The first-order valence-corrected chi connectivity index (χ1v) is 9.31. The summed E-state index contributed by atoms with van der Waals surface area (Å²) in [4.78, 5) is 0.351. The second-order valence-corrected chi connectivity index (χ2v) is 7.67. The van der Waals surface area contributed by atoms with E-state index in [1.807, 2.05) is 36.4 Å². The first-order valence-electron chi connectivity index (χ1n) is 7.87. The van der Waals surface area contributed by atoms with Crippen molar-refractivity contribution in [1.29, 1.82) is 0 Å². The molecule has 0 saturated carbocycles. The number of sulfonamides is 1. The number of hydrogen-bond donors (Lipinski definition) is 0. The van der Waals surface area contributed by atoms with Gasteiger partial charge in [-0.3, -0.25) is 0 Å². The van der Waals surface area contributed by atoms with Gasteiger partial charge in [0.1, 0.15) is 0 Å². The van der Waals surface area contributed by atoms with Gasteiger partial charge in [-0.05, 0) is 30.5 Å². The monoisotopic (exact) mass is 331 g/mol. The summed E-state index contributed by atoms with van der Waals surface area (Å²) in [6.07, 6.45) is 1.67. The number of rotatable bonds is 5. The number of ether oxygens (including phenoxy) is 1. The number of hydrogen-bond acceptors (Lipinski definition) is 3. The Morgan fingerprint density at radius 1 is 1.00 bits per heavy atom. The molecule has 0 amide bonds. The van der Waals surface area contributed by atoms with Gasteiger partial charge < -0.3 is 4.74 Å². The summed E-state index contributed by atoms with van der Waals surface area (Å²) in [5, 5.41) is 0. The summed E-state index contributed by atoms with van der Waals surface area (Å²) < 4.78 is 32.8. The van der Waals surface area contributed by atoms with Crippen LogP contribution in [0.5, 0.6) is 0 Å². The van der Waals surface area contributed by atoms with Crippen LogP contribution in [-0.2, 0) is 21.4 Å². The van der Waals surface area contributed by atoms with E-state index < -0.39 is 10.0 Å². The Morgan fingerprint density at radius 3 is 2.35 bits per heavy atom. The van der Waals surface area contributed by atoms with Gasteiger partial charge in [-0.1, -0.05) is 48.5 Å². The minimum absolute atomic E-state index is 0.0533. The molecular formula is C18H21NO3S. The Morgan fingerprint density at radius 2 is 1.65 bits per heavy atom. The van der Waals surface area contributed by atoms with Crippen LogP contribution in [0.4, 0.5) is 0 Å². The summed E-state index contributed by atoms with van der Waals surface area (Å²) >= 11 is 0. The zero-order valence-corrected chi connectivity index (χ0v) is 13.8. The third kappa shape index (κ3) is 3.99. The van der Waals surface area contributed by atoms with Crippen LogP contribution in [-0.4, -0.2) is 31.9 Å². The van der Waals surface area contributed by atoms with E-state index in [2.05, 4.69) is 0 Å². The first kappa shape index (κ1) is 16.2. The summed E-state index contributed by atoms with van der Waals surface area (Å²) in [7, 11) is -3.42. The lowest BCUT2D eigenvalue weighted by atomic mass is 10.1. The van der Waals surface area contributed by atoms with Crippen LogP contribution in [0.2, 0.25) is 0 Å². The molecule has 0 aliphatic carbocycles. The standard InChI is InChI=1S/C18H21NO3S/c20-23(21,18-11-5-2-6-12-18)19-13-7-10-17(14-19)22-15-16-8-3-1-4-9-16/h1-6,8-9,11-12,17H,7,10,13-15H2. The fourth-order valence-electron chi connectivity index (χ4n) is 2.79. The molecule has 0 radical (unpaired) electrons. The van der Waals surface area contributed by atoms with Crippen LogP contribution in [0.1, 0.15) is 18.4 Å². The molecule has 4 nitrogen and oxygen atoms in total. The lowest BCUT2D eigenvalue weighted by Gasteiger charge is -2.31. The van der Waals surface area contributed by atoms with E-state index in [-0.39, 0.29) is 6.10 Å². The molecule has 122 valence electrons. The minimum atomic E-state index is -3.42. The van der Waals surface area contributed by atoms with Crippen LogP contribution in [0.25, 0.3) is 0 Å². The van der Waals surface area contributed by atoms with Crippen LogP contribution in [0.3, 0.4) is 0 Å². The quantitative estimate of drug-likeness (QED) is 0.846. The van der Waals surface area contributed by atoms with Crippen LogP contribution in [0, 0.1) is 0 Å². The SMILES string of the molecule is O=S(=O)(c1ccccc1)N1CCCC(OCc2ccccc2)C1. The van der Waals surface area contributed by atoms with Crippen molar-refractivity contribution >= 4 is 10.0 Å². The highest BCUT2D eigenvalue weighted by atomic mass is 32.2. The molecule has 0 spiro atoms. The topological polar surface area (TPSA) is 46.6 Å². The van der Waals surface area contributed by atoms with E-state index in [1.54, 1.807) is 28.6 Å². The van der Waals surface area contributed by atoms with Crippen LogP contribution < -0.4 is 0 Å². The van der Waals surface area contributed by atoms with Gasteiger partial charge in [0, 0.05) is 13.1 Å². The van der Waals surface area contributed by atoms with Gasteiger partial charge in [0.15, 0.2) is 0 Å². The Labute approximate surface area is 137 Å². The molecule has 1 aliphatic heterocycles. The van der Waals surface area contributed by atoms with Gasteiger partial charge in [-0.15, -0.1) is 0 Å². The number of benzene rings is 2. The zero-order chi connectivity index (χ0) is 16.1. The zero-order valence-electron chi connectivity index (χ0n) is 13.0. The van der Waals surface area contributed by atoms with Crippen molar-refractivity contribution in [3.8, 4) is 0 Å².